The standard InChI is InChI=1S/C17H25F3N2O2/c18-17(19,20)16(24)21-10-7-13(8-11-21)15(23)22-9-3-6-14(22)12-4-1-2-5-12/h12-14H,1-11H2. The highest BCUT2D eigenvalue weighted by Gasteiger charge is 2.45. The largest absolute Gasteiger partial charge is 0.471 e. The normalized spacial score (nSPS) is 27.0. The van der Waals surface area contributed by atoms with E-state index >= 15 is 0 Å². The van der Waals surface area contributed by atoms with Crippen LogP contribution in [0.2, 0.25) is 0 Å². The van der Waals surface area contributed by atoms with E-state index in [4.69, 9.17) is 0 Å². The summed E-state index contributed by atoms with van der Waals surface area (Å²) in [4.78, 5) is 27.0. The number of nitrogens with zero attached hydrogens (tertiary/aromatic N) is 2. The van der Waals surface area contributed by atoms with Crippen LogP contribution in [0.3, 0.4) is 0 Å². The van der Waals surface area contributed by atoms with Crippen molar-refractivity contribution in [2.45, 2.75) is 63.6 Å². The molecule has 0 aromatic rings. The minimum Gasteiger partial charge on any atom is -0.339 e. The summed E-state index contributed by atoms with van der Waals surface area (Å²) in [6, 6.07) is 0.329. The van der Waals surface area contributed by atoms with Gasteiger partial charge in [-0.05, 0) is 44.4 Å². The van der Waals surface area contributed by atoms with Gasteiger partial charge >= 0.3 is 12.1 Å². The van der Waals surface area contributed by atoms with Gasteiger partial charge in [-0.15, -0.1) is 0 Å². The van der Waals surface area contributed by atoms with Crippen molar-refractivity contribution >= 4 is 11.8 Å². The molecule has 0 aromatic heterocycles. The number of hydrogen-bond donors (Lipinski definition) is 0. The number of likely N-dealkylation sites (tertiary alicyclic amines) is 2. The molecule has 0 bridgehead atoms. The van der Waals surface area contributed by atoms with E-state index in [0.29, 0.717) is 24.8 Å². The van der Waals surface area contributed by atoms with Gasteiger partial charge in [-0.25, -0.2) is 0 Å². The van der Waals surface area contributed by atoms with Crippen molar-refractivity contribution in [1.29, 1.82) is 0 Å². The average Bonchev–Trinajstić information content (AvgIpc) is 3.23. The zero-order valence-electron chi connectivity index (χ0n) is 13.9. The van der Waals surface area contributed by atoms with Crippen molar-refractivity contribution in [3.8, 4) is 0 Å². The van der Waals surface area contributed by atoms with E-state index in [2.05, 4.69) is 0 Å². The molecule has 0 spiro atoms. The number of amides is 2. The predicted molar refractivity (Wildman–Crippen MR) is 82.1 cm³/mol. The van der Waals surface area contributed by atoms with Crippen molar-refractivity contribution in [1.82, 2.24) is 9.80 Å². The summed E-state index contributed by atoms with van der Waals surface area (Å²) in [5.41, 5.74) is 0. The first-order chi connectivity index (χ1) is 11.4. The molecule has 4 nitrogen and oxygen atoms in total. The summed E-state index contributed by atoms with van der Waals surface area (Å²) < 4.78 is 37.5. The van der Waals surface area contributed by atoms with Gasteiger partial charge in [-0.2, -0.15) is 13.2 Å². The van der Waals surface area contributed by atoms with Crippen molar-refractivity contribution in [3.05, 3.63) is 0 Å². The molecular formula is C17H25F3N2O2. The molecule has 24 heavy (non-hydrogen) atoms. The lowest BCUT2D eigenvalue weighted by molar-refractivity contribution is -0.187. The number of halogens is 3. The van der Waals surface area contributed by atoms with Crippen molar-refractivity contribution < 1.29 is 22.8 Å². The molecule has 1 aliphatic carbocycles. The van der Waals surface area contributed by atoms with Crippen LogP contribution in [-0.2, 0) is 9.59 Å². The molecule has 2 aliphatic heterocycles. The smallest absolute Gasteiger partial charge is 0.339 e. The van der Waals surface area contributed by atoms with Crippen LogP contribution >= 0.6 is 0 Å². The number of carbonyl (C=O) groups excluding carboxylic acids is 2. The molecule has 7 heteroatoms. The maximum atomic E-state index is 12.8. The van der Waals surface area contributed by atoms with E-state index in [1.807, 2.05) is 4.90 Å². The van der Waals surface area contributed by atoms with Gasteiger partial charge in [0, 0.05) is 31.6 Å². The van der Waals surface area contributed by atoms with E-state index in [1.54, 1.807) is 0 Å². The highest BCUT2D eigenvalue weighted by atomic mass is 19.4. The summed E-state index contributed by atoms with van der Waals surface area (Å²) >= 11 is 0. The molecule has 2 saturated heterocycles. The molecule has 0 radical (unpaired) electrons. The predicted octanol–water partition coefficient (Wildman–Crippen LogP) is 2.97. The van der Waals surface area contributed by atoms with Gasteiger partial charge in [0.1, 0.15) is 0 Å². The Bertz CT molecular complexity index is 481. The maximum Gasteiger partial charge on any atom is 0.471 e. The van der Waals surface area contributed by atoms with Crippen LogP contribution in [0, 0.1) is 11.8 Å². The molecule has 3 aliphatic rings. The molecule has 1 atom stereocenters. The number of rotatable bonds is 2. The first-order valence-corrected chi connectivity index (χ1v) is 9.04. The molecule has 1 saturated carbocycles. The number of piperidine rings is 1. The second kappa shape index (κ2) is 6.92. The summed E-state index contributed by atoms with van der Waals surface area (Å²) in [5.74, 6) is -1.31. The van der Waals surface area contributed by atoms with Gasteiger partial charge in [0.05, 0.1) is 0 Å². The van der Waals surface area contributed by atoms with E-state index in [9.17, 15) is 22.8 Å². The van der Waals surface area contributed by atoms with Crippen LogP contribution in [0.5, 0.6) is 0 Å². The van der Waals surface area contributed by atoms with Crippen LogP contribution in [0.1, 0.15) is 51.4 Å². The third-order valence-corrected chi connectivity index (χ3v) is 5.90. The zero-order valence-corrected chi connectivity index (χ0v) is 13.9. The SMILES string of the molecule is O=C(C1CCN(C(=O)C(F)(F)F)CC1)N1CCCC1C1CCCC1. The molecule has 2 heterocycles. The fourth-order valence-electron chi connectivity index (χ4n) is 4.64. The molecule has 136 valence electrons. The van der Waals surface area contributed by atoms with Crippen LogP contribution in [0.4, 0.5) is 13.2 Å². The van der Waals surface area contributed by atoms with Gasteiger partial charge in [0.2, 0.25) is 5.91 Å². The summed E-state index contributed by atoms with van der Waals surface area (Å²) in [7, 11) is 0. The molecular weight excluding hydrogens is 321 g/mol. The van der Waals surface area contributed by atoms with E-state index in [-0.39, 0.29) is 24.9 Å². The lowest BCUT2D eigenvalue weighted by atomic mass is 9.92. The second-order valence-electron chi connectivity index (χ2n) is 7.35. The Balaban J connectivity index is 1.56. The number of carbonyl (C=O) groups is 2. The van der Waals surface area contributed by atoms with E-state index in [1.165, 1.54) is 25.7 Å². The number of hydrogen-bond acceptors (Lipinski definition) is 2. The highest BCUT2D eigenvalue weighted by molar-refractivity contribution is 5.83. The van der Waals surface area contributed by atoms with Gasteiger partial charge in [0.25, 0.3) is 0 Å². The Morgan fingerprint density at radius 3 is 2.04 bits per heavy atom. The van der Waals surface area contributed by atoms with Crippen molar-refractivity contribution in [2.75, 3.05) is 19.6 Å². The third-order valence-electron chi connectivity index (χ3n) is 5.90. The van der Waals surface area contributed by atoms with Crippen LogP contribution in [-0.4, -0.2) is 53.5 Å². The fraction of sp³-hybridized carbons (Fsp3) is 0.882. The molecule has 0 N–H and O–H groups in total. The van der Waals surface area contributed by atoms with E-state index < -0.39 is 12.1 Å². The topological polar surface area (TPSA) is 40.6 Å². The molecule has 3 fully saturated rings. The minimum atomic E-state index is -4.82. The summed E-state index contributed by atoms with van der Waals surface area (Å²) in [6.07, 6.45) is 2.80. The molecule has 2 amide bonds. The lowest BCUT2D eigenvalue weighted by Crippen LogP contribution is -2.49. The minimum absolute atomic E-state index is 0.0245. The van der Waals surface area contributed by atoms with Gasteiger partial charge in [-0.1, -0.05) is 12.8 Å². The average molecular weight is 346 g/mol. The Hall–Kier alpha value is -1.27. The van der Waals surface area contributed by atoms with Gasteiger partial charge in [0.15, 0.2) is 0 Å². The van der Waals surface area contributed by atoms with Crippen LogP contribution < -0.4 is 0 Å². The quantitative estimate of drug-likeness (QED) is 0.771. The van der Waals surface area contributed by atoms with Crippen molar-refractivity contribution in [2.24, 2.45) is 11.8 Å². The molecule has 1 unspecified atom stereocenters. The fourth-order valence-corrected chi connectivity index (χ4v) is 4.64. The Morgan fingerprint density at radius 2 is 1.46 bits per heavy atom. The van der Waals surface area contributed by atoms with Crippen LogP contribution in [0.25, 0.3) is 0 Å². The first kappa shape index (κ1) is 17.5. The first-order valence-electron chi connectivity index (χ1n) is 9.04. The third kappa shape index (κ3) is 3.54. The van der Waals surface area contributed by atoms with Gasteiger partial charge < -0.3 is 9.80 Å². The molecule has 3 rings (SSSR count). The lowest BCUT2D eigenvalue weighted by Gasteiger charge is -2.36. The Kier molecular flexibility index (Phi) is 5.06. The van der Waals surface area contributed by atoms with E-state index in [0.717, 1.165) is 24.3 Å². The van der Waals surface area contributed by atoms with Crippen molar-refractivity contribution in [3.63, 3.8) is 0 Å². The number of alkyl halides is 3. The Morgan fingerprint density at radius 1 is 0.833 bits per heavy atom. The Labute approximate surface area is 140 Å². The second-order valence-corrected chi connectivity index (χ2v) is 7.35. The summed E-state index contributed by atoms with van der Waals surface area (Å²) in [5, 5.41) is 0. The zero-order chi connectivity index (χ0) is 17.3. The monoisotopic (exact) mass is 346 g/mol. The van der Waals surface area contributed by atoms with Crippen LogP contribution in [0.15, 0.2) is 0 Å². The summed E-state index contributed by atoms with van der Waals surface area (Å²) in [6.45, 7) is 0.828. The highest BCUT2D eigenvalue weighted by Crippen LogP contribution is 2.37. The maximum absolute atomic E-state index is 12.8. The van der Waals surface area contributed by atoms with Gasteiger partial charge in [-0.3, -0.25) is 9.59 Å². The molecule has 0 aromatic carbocycles.